The lowest BCUT2D eigenvalue weighted by Crippen LogP contribution is -2.41. The van der Waals surface area contributed by atoms with Gasteiger partial charge in [-0.05, 0) is 17.7 Å². The Bertz CT molecular complexity index is 1290. The maximum atomic E-state index is 12.5. The van der Waals surface area contributed by atoms with Crippen molar-refractivity contribution in [2.24, 2.45) is 0 Å². The molecular weight excluding hydrogens is 344 g/mol. The molecule has 0 saturated heterocycles. The highest BCUT2D eigenvalue weighted by Gasteiger charge is 2.08. The molecule has 27 heavy (non-hydrogen) atoms. The number of aromatic nitrogens is 4. The quantitative estimate of drug-likeness (QED) is 0.511. The lowest BCUT2D eigenvalue weighted by atomic mass is 10.2. The zero-order chi connectivity index (χ0) is 18.8. The number of nitrogens with zero attached hydrogens (tertiary/aromatic N) is 4. The van der Waals surface area contributed by atoms with Crippen LogP contribution in [-0.4, -0.2) is 18.5 Å². The first-order valence-electron chi connectivity index (χ1n) is 8.43. The minimum absolute atomic E-state index is 0.0564. The summed E-state index contributed by atoms with van der Waals surface area (Å²) >= 11 is 0. The molecule has 1 aromatic carbocycles. The van der Waals surface area contributed by atoms with Crippen LogP contribution in [0.25, 0.3) is 5.65 Å². The van der Waals surface area contributed by atoms with Gasteiger partial charge >= 0.3 is 11.1 Å². The molecule has 0 amide bonds. The summed E-state index contributed by atoms with van der Waals surface area (Å²) in [4.78, 5) is 41.4. The van der Waals surface area contributed by atoms with E-state index >= 15 is 0 Å². The Morgan fingerprint density at radius 1 is 0.741 bits per heavy atom. The molecule has 0 fully saturated rings. The van der Waals surface area contributed by atoms with E-state index in [1.54, 1.807) is 36.8 Å². The second kappa shape index (κ2) is 6.87. The van der Waals surface area contributed by atoms with Gasteiger partial charge in [0.2, 0.25) is 0 Å². The third kappa shape index (κ3) is 3.35. The highest BCUT2D eigenvalue weighted by atomic mass is 16.2. The Hall–Kier alpha value is -3.74. The summed E-state index contributed by atoms with van der Waals surface area (Å²) in [6, 6.07) is 16.0. The van der Waals surface area contributed by atoms with Crippen LogP contribution in [0.2, 0.25) is 0 Å². The molecule has 4 aromatic rings. The average Bonchev–Trinajstić information content (AvgIpc) is 2.69. The molecule has 0 saturated carbocycles. The molecule has 0 aliphatic rings. The maximum absolute atomic E-state index is 12.5. The average molecular weight is 360 g/mol. The molecule has 3 heterocycles. The van der Waals surface area contributed by atoms with Crippen molar-refractivity contribution in [3.8, 4) is 0 Å². The van der Waals surface area contributed by atoms with Crippen molar-refractivity contribution in [3.63, 3.8) is 0 Å². The largest absolute Gasteiger partial charge is 0.316 e. The predicted molar refractivity (Wildman–Crippen MR) is 101 cm³/mol. The van der Waals surface area contributed by atoms with Gasteiger partial charge in [0, 0.05) is 24.7 Å². The zero-order valence-electron chi connectivity index (χ0n) is 14.4. The van der Waals surface area contributed by atoms with Gasteiger partial charge in [-0.3, -0.25) is 18.8 Å². The molecule has 3 aromatic heterocycles. The van der Waals surface area contributed by atoms with Crippen molar-refractivity contribution >= 4 is 5.65 Å². The maximum Gasteiger partial charge on any atom is 0.316 e. The van der Waals surface area contributed by atoms with E-state index in [4.69, 9.17) is 0 Å². The van der Waals surface area contributed by atoms with Gasteiger partial charge in [0.25, 0.3) is 5.56 Å². The summed E-state index contributed by atoms with van der Waals surface area (Å²) in [7, 11) is 0. The monoisotopic (exact) mass is 360 g/mol. The number of rotatable bonds is 4. The number of fused-ring (bicyclic) bond motifs is 1. The van der Waals surface area contributed by atoms with Crippen LogP contribution < -0.4 is 16.7 Å². The molecule has 7 heteroatoms. The summed E-state index contributed by atoms with van der Waals surface area (Å²) < 4.78 is 4.06. The smallest absolute Gasteiger partial charge is 0.305 e. The van der Waals surface area contributed by atoms with Crippen molar-refractivity contribution in [2.45, 2.75) is 13.1 Å². The molecule has 0 bridgehead atoms. The van der Waals surface area contributed by atoms with Gasteiger partial charge in [-0.1, -0.05) is 36.4 Å². The van der Waals surface area contributed by atoms with E-state index in [9.17, 15) is 14.4 Å². The van der Waals surface area contributed by atoms with E-state index in [-0.39, 0.29) is 12.1 Å². The lowest BCUT2D eigenvalue weighted by Gasteiger charge is -2.09. The summed E-state index contributed by atoms with van der Waals surface area (Å²) in [6.07, 6.45) is 4.75. The van der Waals surface area contributed by atoms with Crippen LogP contribution in [0.5, 0.6) is 0 Å². The normalized spacial score (nSPS) is 11.0. The minimum atomic E-state index is -0.650. The van der Waals surface area contributed by atoms with Gasteiger partial charge in [0.15, 0.2) is 0 Å². The van der Waals surface area contributed by atoms with Gasteiger partial charge in [-0.2, -0.15) is 0 Å². The Balaban J connectivity index is 1.67. The molecule has 0 unspecified atom stereocenters. The molecule has 0 spiro atoms. The van der Waals surface area contributed by atoms with Crippen molar-refractivity contribution in [1.82, 2.24) is 18.5 Å². The van der Waals surface area contributed by atoms with Crippen molar-refractivity contribution in [3.05, 3.63) is 116 Å². The number of benzene rings is 1. The SMILES string of the molecule is O=c1c(=O)n(Cc2cc(=O)n3ccccc3n2)ccn1Cc1ccccc1. The number of hydrogen-bond acceptors (Lipinski definition) is 4. The second-order valence-electron chi connectivity index (χ2n) is 6.16. The Labute approximate surface area is 153 Å². The molecule has 0 N–H and O–H groups in total. The van der Waals surface area contributed by atoms with E-state index in [2.05, 4.69) is 4.98 Å². The Morgan fingerprint density at radius 2 is 1.41 bits per heavy atom. The van der Waals surface area contributed by atoms with E-state index in [0.29, 0.717) is 17.9 Å². The van der Waals surface area contributed by atoms with Crippen LogP contribution in [0.1, 0.15) is 11.3 Å². The van der Waals surface area contributed by atoms with Crippen molar-refractivity contribution < 1.29 is 0 Å². The molecule has 0 aliphatic heterocycles. The van der Waals surface area contributed by atoms with E-state index in [1.807, 2.05) is 30.3 Å². The van der Waals surface area contributed by atoms with Crippen LogP contribution >= 0.6 is 0 Å². The zero-order valence-corrected chi connectivity index (χ0v) is 14.4. The molecule has 0 radical (unpaired) electrons. The highest BCUT2D eigenvalue weighted by molar-refractivity contribution is 5.38. The van der Waals surface area contributed by atoms with E-state index in [0.717, 1.165) is 5.56 Å². The molecule has 7 nitrogen and oxygen atoms in total. The molecular formula is C20H16N4O3. The summed E-state index contributed by atoms with van der Waals surface area (Å²) in [5.41, 5.74) is 0.350. The summed E-state index contributed by atoms with van der Waals surface area (Å²) in [6.45, 7) is 0.381. The molecule has 0 atom stereocenters. The Morgan fingerprint density at radius 3 is 2.15 bits per heavy atom. The van der Waals surface area contributed by atoms with Gasteiger partial charge in [-0.25, -0.2) is 4.98 Å². The first-order valence-corrected chi connectivity index (χ1v) is 8.43. The predicted octanol–water partition coefficient (Wildman–Crippen LogP) is 1.11. The topological polar surface area (TPSA) is 78.4 Å². The van der Waals surface area contributed by atoms with Gasteiger partial charge in [0.05, 0.1) is 18.8 Å². The summed E-state index contributed by atoms with van der Waals surface area (Å²) in [5.74, 6) is 0. The van der Waals surface area contributed by atoms with E-state index < -0.39 is 11.1 Å². The molecule has 0 aliphatic carbocycles. The fourth-order valence-corrected chi connectivity index (χ4v) is 2.93. The third-order valence-electron chi connectivity index (χ3n) is 4.28. The Kier molecular flexibility index (Phi) is 4.25. The van der Waals surface area contributed by atoms with Gasteiger partial charge in [0.1, 0.15) is 5.65 Å². The van der Waals surface area contributed by atoms with Crippen LogP contribution in [0.15, 0.2) is 87.6 Å². The van der Waals surface area contributed by atoms with E-state index in [1.165, 1.54) is 19.6 Å². The first kappa shape index (κ1) is 16.7. The van der Waals surface area contributed by atoms with Crippen molar-refractivity contribution in [1.29, 1.82) is 0 Å². The van der Waals surface area contributed by atoms with Gasteiger partial charge in [-0.15, -0.1) is 0 Å². The fraction of sp³-hybridized carbons (Fsp3) is 0.100. The minimum Gasteiger partial charge on any atom is -0.305 e. The summed E-state index contributed by atoms with van der Waals surface area (Å²) in [5, 5.41) is 0. The van der Waals surface area contributed by atoms with Crippen LogP contribution in [-0.2, 0) is 13.1 Å². The first-order chi connectivity index (χ1) is 13.1. The van der Waals surface area contributed by atoms with Crippen LogP contribution in [0.3, 0.4) is 0 Å². The third-order valence-corrected chi connectivity index (χ3v) is 4.28. The number of hydrogen-bond donors (Lipinski definition) is 0. The van der Waals surface area contributed by atoms with Gasteiger partial charge < -0.3 is 9.13 Å². The van der Waals surface area contributed by atoms with Crippen LogP contribution in [0.4, 0.5) is 0 Å². The van der Waals surface area contributed by atoms with Crippen molar-refractivity contribution in [2.75, 3.05) is 0 Å². The lowest BCUT2D eigenvalue weighted by molar-refractivity contribution is 0.658. The number of pyridine rings is 1. The fourth-order valence-electron chi connectivity index (χ4n) is 2.93. The molecule has 4 rings (SSSR count). The second-order valence-corrected chi connectivity index (χ2v) is 6.16. The van der Waals surface area contributed by atoms with Crippen LogP contribution in [0, 0.1) is 0 Å². The highest BCUT2D eigenvalue weighted by Crippen LogP contribution is 2.01. The standard InChI is InChI=1S/C20H16N4O3/c25-18-12-16(21-17-8-4-5-9-24(17)18)14-23-11-10-22(19(26)20(23)27)13-15-6-2-1-3-7-15/h1-12H,13-14H2. The molecule has 134 valence electrons.